The zero-order chi connectivity index (χ0) is 23.8. The lowest BCUT2D eigenvalue weighted by atomic mass is 9.97. The summed E-state index contributed by atoms with van der Waals surface area (Å²) in [6.07, 6.45) is 2.03. The molecule has 0 atom stereocenters. The lowest BCUT2D eigenvalue weighted by Gasteiger charge is -2.11. The van der Waals surface area contributed by atoms with E-state index in [1.807, 2.05) is 36.4 Å². The molecule has 3 rings (SSSR count). The molecule has 0 bridgehead atoms. The third kappa shape index (κ3) is 6.00. The zero-order valence-electron chi connectivity index (χ0n) is 18.1. The van der Waals surface area contributed by atoms with Gasteiger partial charge in [-0.15, -0.1) is 0 Å². The molecule has 1 N–H and O–H groups in total. The van der Waals surface area contributed by atoms with Crippen molar-refractivity contribution in [3.63, 3.8) is 0 Å². The molecule has 6 nitrogen and oxygen atoms in total. The first kappa shape index (κ1) is 23.6. The van der Waals surface area contributed by atoms with Gasteiger partial charge in [0.15, 0.2) is 0 Å². The van der Waals surface area contributed by atoms with Crippen molar-refractivity contribution >= 4 is 35.2 Å². The van der Waals surface area contributed by atoms with Crippen LogP contribution in [0.2, 0.25) is 5.02 Å². The van der Waals surface area contributed by atoms with Crippen molar-refractivity contribution in [1.82, 2.24) is 0 Å². The molecule has 0 saturated carbocycles. The molecule has 0 heterocycles. The number of hydrogen-bond donors (Lipinski definition) is 1. The number of nitrogens with zero attached hydrogens (tertiary/aromatic N) is 1. The number of rotatable bonds is 7. The zero-order valence-corrected chi connectivity index (χ0v) is 18.8. The average molecular weight is 461 g/mol. The van der Waals surface area contributed by atoms with Gasteiger partial charge in [-0.25, -0.2) is 4.79 Å². The van der Waals surface area contributed by atoms with Crippen LogP contribution in [0.3, 0.4) is 0 Å². The Morgan fingerprint density at radius 3 is 2.39 bits per heavy atom. The Labute approximate surface area is 197 Å². The lowest BCUT2D eigenvalue weighted by Crippen LogP contribution is -2.13. The van der Waals surface area contributed by atoms with Crippen molar-refractivity contribution in [2.24, 2.45) is 0 Å². The minimum absolute atomic E-state index is 0.0716. The highest BCUT2D eigenvalue weighted by Gasteiger charge is 2.13. The van der Waals surface area contributed by atoms with Gasteiger partial charge in [-0.3, -0.25) is 4.79 Å². The molecule has 0 saturated heterocycles. The molecule has 0 aliphatic heterocycles. The molecule has 0 aliphatic rings. The summed E-state index contributed by atoms with van der Waals surface area (Å²) in [5, 5.41) is 12.9. The van der Waals surface area contributed by atoms with Crippen LogP contribution in [-0.4, -0.2) is 26.1 Å². The van der Waals surface area contributed by atoms with Gasteiger partial charge in [-0.1, -0.05) is 35.9 Å². The van der Waals surface area contributed by atoms with E-state index in [0.717, 1.165) is 11.1 Å². The number of esters is 1. The Hall–Kier alpha value is -4.08. The highest BCUT2D eigenvalue weighted by atomic mass is 35.5. The number of anilines is 1. The Bertz CT molecular complexity index is 1240. The van der Waals surface area contributed by atoms with E-state index in [2.05, 4.69) is 10.1 Å². The highest BCUT2D eigenvalue weighted by molar-refractivity contribution is 6.31. The van der Waals surface area contributed by atoms with Crippen molar-refractivity contribution in [3.8, 4) is 11.8 Å². The fraction of sp³-hybridized carbons (Fsp3) is 0.115. The third-order valence-corrected chi connectivity index (χ3v) is 5.29. The maximum atomic E-state index is 12.7. The van der Waals surface area contributed by atoms with Crippen LogP contribution < -0.4 is 10.1 Å². The van der Waals surface area contributed by atoms with Crippen molar-refractivity contribution in [1.29, 1.82) is 5.26 Å². The number of carbonyl (C=O) groups excluding carboxylic acids is 2. The van der Waals surface area contributed by atoms with Gasteiger partial charge in [-0.05, 0) is 71.7 Å². The van der Waals surface area contributed by atoms with Gasteiger partial charge in [0.1, 0.15) is 17.4 Å². The van der Waals surface area contributed by atoms with Gasteiger partial charge in [0, 0.05) is 10.7 Å². The number of amides is 1. The molecule has 3 aromatic rings. The first-order valence-electron chi connectivity index (χ1n) is 9.97. The number of carbonyl (C=O) groups is 2. The van der Waals surface area contributed by atoms with E-state index in [9.17, 15) is 14.9 Å². The normalized spacial score (nSPS) is 10.8. The van der Waals surface area contributed by atoms with Gasteiger partial charge >= 0.3 is 5.97 Å². The van der Waals surface area contributed by atoms with Crippen LogP contribution in [0.1, 0.15) is 27.0 Å². The van der Waals surface area contributed by atoms with Crippen molar-refractivity contribution in [2.75, 3.05) is 19.5 Å². The van der Waals surface area contributed by atoms with Crippen LogP contribution in [-0.2, 0) is 16.0 Å². The van der Waals surface area contributed by atoms with Crippen molar-refractivity contribution in [3.05, 3.63) is 99.6 Å². The molecule has 33 heavy (non-hydrogen) atoms. The summed E-state index contributed by atoms with van der Waals surface area (Å²) in [5.74, 6) is -0.387. The molecular formula is C26H21ClN2O4. The van der Waals surface area contributed by atoms with Crippen LogP contribution >= 0.6 is 11.6 Å². The first-order valence-corrected chi connectivity index (χ1v) is 10.3. The largest absolute Gasteiger partial charge is 0.497 e. The second kappa shape index (κ2) is 11.0. The minimum Gasteiger partial charge on any atom is -0.497 e. The fourth-order valence-corrected chi connectivity index (χ4v) is 3.36. The maximum Gasteiger partial charge on any atom is 0.337 e. The van der Waals surface area contributed by atoms with E-state index in [-0.39, 0.29) is 5.57 Å². The molecule has 166 valence electrons. The van der Waals surface area contributed by atoms with Crippen LogP contribution in [0, 0.1) is 11.3 Å². The molecule has 1 amide bonds. The standard InChI is InChI=1S/C26H21ClN2O4/c1-32-23-12-9-18(20(15-23)14-19-5-3-4-6-24(19)27)13-21(16-28)25(30)29-22-10-7-17(8-11-22)26(31)33-2/h3-13,15H,14H2,1-2H3,(H,29,30)/b21-13+. The van der Waals surface area contributed by atoms with E-state index >= 15 is 0 Å². The van der Waals surface area contributed by atoms with Gasteiger partial charge in [0.05, 0.1) is 19.8 Å². The van der Waals surface area contributed by atoms with E-state index in [1.165, 1.54) is 25.3 Å². The molecule has 0 unspecified atom stereocenters. The summed E-state index contributed by atoms with van der Waals surface area (Å²) in [6.45, 7) is 0. The lowest BCUT2D eigenvalue weighted by molar-refractivity contribution is -0.112. The van der Waals surface area contributed by atoms with E-state index < -0.39 is 11.9 Å². The number of methoxy groups -OCH3 is 2. The first-order chi connectivity index (χ1) is 15.9. The van der Waals surface area contributed by atoms with E-state index in [0.29, 0.717) is 34.0 Å². The molecular weight excluding hydrogens is 440 g/mol. The number of benzene rings is 3. The Balaban J connectivity index is 1.88. The maximum absolute atomic E-state index is 12.7. The number of ether oxygens (including phenoxy) is 2. The summed E-state index contributed by atoms with van der Waals surface area (Å²) >= 11 is 6.32. The van der Waals surface area contributed by atoms with Gasteiger partial charge in [-0.2, -0.15) is 5.26 Å². The van der Waals surface area contributed by atoms with E-state index in [1.54, 1.807) is 31.4 Å². The molecule has 0 radical (unpaired) electrons. The molecule has 0 spiro atoms. The monoisotopic (exact) mass is 460 g/mol. The van der Waals surface area contributed by atoms with Crippen LogP contribution in [0.4, 0.5) is 5.69 Å². The minimum atomic E-state index is -0.567. The van der Waals surface area contributed by atoms with Crippen molar-refractivity contribution < 1.29 is 19.1 Å². The van der Waals surface area contributed by atoms with E-state index in [4.69, 9.17) is 16.3 Å². The van der Waals surface area contributed by atoms with Crippen LogP contribution in [0.5, 0.6) is 5.75 Å². The summed E-state index contributed by atoms with van der Waals surface area (Å²) < 4.78 is 10.0. The quantitative estimate of drug-likeness (QED) is 0.294. The Morgan fingerprint density at radius 2 is 1.76 bits per heavy atom. The average Bonchev–Trinajstić information content (AvgIpc) is 2.84. The topological polar surface area (TPSA) is 88.4 Å². The van der Waals surface area contributed by atoms with Gasteiger partial charge in [0.25, 0.3) is 5.91 Å². The van der Waals surface area contributed by atoms with Crippen molar-refractivity contribution in [2.45, 2.75) is 6.42 Å². The second-order valence-corrected chi connectivity index (χ2v) is 7.43. The molecule has 3 aromatic carbocycles. The summed E-state index contributed by atoms with van der Waals surface area (Å²) in [4.78, 5) is 24.3. The number of hydrogen-bond acceptors (Lipinski definition) is 5. The van der Waals surface area contributed by atoms with Crippen LogP contribution in [0.25, 0.3) is 6.08 Å². The fourth-order valence-electron chi connectivity index (χ4n) is 3.16. The predicted molar refractivity (Wildman–Crippen MR) is 127 cm³/mol. The number of nitrogens with one attached hydrogen (secondary N) is 1. The molecule has 0 aliphatic carbocycles. The molecule has 0 fully saturated rings. The SMILES string of the molecule is COC(=O)c1ccc(NC(=O)/C(C#N)=C/c2ccc(OC)cc2Cc2ccccc2Cl)cc1. The van der Waals surface area contributed by atoms with Gasteiger partial charge in [0.2, 0.25) is 0 Å². The highest BCUT2D eigenvalue weighted by Crippen LogP contribution is 2.26. The summed E-state index contributed by atoms with van der Waals surface area (Å²) in [6, 6.07) is 21.0. The Kier molecular flexibility index (Phi) is 7.85. The second-order valence-electron chi connectivity index (χ2n) is 7.03. The smallest absolute Gasteiger partial charge is 0.337 e. The van der Waals surface area contributed by atoms with Gasteiger partial charge < -0.3 is 14.8 Å². The van der Waals surface area contributed by atoms with Crippen LogP contribution in [0.15, 0.2) is 72.3 Å². The predicted octanol–water partition coefficient (Wildman–Crippen LogP) is 5.27. The molecule has 7 heteroatoms. The number of halogens is 1. The summed E-state index contributed by atoms with van der Waals surface area (Å²) in [5.41, 5.74) is 3.19. The summed E-state index contributed by atoms with van der Waals surface area (Å²) in [7, 11) is 2.87. The Morgan fingerprint density at radius 1 is 1.03 bits per heavy atom. The third-order valence-electron chi connectivity index (χ3n) is 4.92. The number of nitriles is 1. The molecule has 0 aromatic heterocycles.